The lowest BCUT2D eigenvalue weighted by molar-refractivity contribution is -0.548. The van der Waals surface area contributed by atoms with Gasteiger partial charge in [-0.15, -0.1) is 0 Å². The van der Waals surface area contributed by atoms with Gasteiger partial charge in [-0.3, -0.25) is 4.79 Å². The smallest absolute Gasteiger partial charge is 0.378 e. The molecule has 0 aromatic rings. The van der Waals surface area contributed by atoms with E-state index in [2.05, 4.69) is 9.47 Å². The molecule has 17 heavy (non-hydrogen) atoms. The van der Waals surface area contributed by atoms with Crippen LogP contribution in [0.3, 0.4) is 0 Å². The molecule has 0 amide bonds. The average Bonchev–Trinajstić information content (AvgIpc) is 2.07. The Morgan fingerprint density at radius 1 is 1.12 bits per heavy atom. The third-order valence-corrected chi connectivity index (χ3v) is 2.89. The van der Waals surface area contributed by atoms with E-state index in [4.69, 9.17) is 0 Å². The molecule has 1 aliphatic heterocycles. The van der Waals surface area contributed by atoms with E-state index in [1.165, 1.54) is 0 Å². The highest BCUT2D eigenvalue weighted by Crippen LogP contribution is 2.73. The van der Waals surface area contributed by atoms with E-state index in [1.54, 1.807) is 0 Å². The first-order valence-electron chi connectivity index (χ1n) is 4.48. The van der Waals surface area contributed by atoms with Gasteiger partial charge < -0.3 is 9.47 Å². The van der Waals surface area contributed by atoms with Crippen LogP contribution in [0.15, 0.2) is 0 Å². The number of carbonyl (C=O) groups excluding carboxylic acids is 1. The lowest BCUT2D eigenvalue weighted by Gasteiger charge is -2.63. The summed E-state index contributed by atoms with van der Waals surface area (Å²) >= 11 is 0. The molecular weight excluding hydrogens is 258 g/mol. The molecule has 2 aliphatic rings. The van der Waals surface area contributed by atoms with Crippen molar-refractivity contribution in [3.63, 3.8) is 0 Å². The van der Waals surface area contributed by atoms with Gasteiger partial charge in [-0.25, -0.2) is 0 Å². The molecule has 1 saturated heterocycles. The summed E-state index contributed by atoms with van der Waals surface area (Å²) in [5, 5.41) is 0. The molecule has 98 valence electrons. The average molecular weight is 264 g/mol. The molecule has 2 rings (SSSR count). The Balaban J connectivity index is 2.17. The fourth-order valence-electron chi connectivity index (χ4n) is 1.94. The second-order valence-electron chi connectivity index (χ2n) is 3.91. The number of halogens is 6. The predicted molar refractivity (Wildman–Crippen MR) is 38.8 cm³/mol. The molecular formula is C8H6F6O3. The van der Waals surface area contributed by atoms with Gasteiger partial charge in [0.15, 0.2) is 0 Å². The van der Waals surface area contributed by atoms with Crippen molar-refractivity contribution in [2.75, 3.05) is 0 Å². The number of hydrogen-bond acceptors (Lipinski definition) is 3. The van der Waals surface area contributed by atoms with Crippen LogP contribution in [-0.4, -0.2) is 35.6 Å². The van der Waals surface area contributed by atoms with Crippen molar-refractivity contribution < 1.29 is 40.6 Å². The van der Waals surface area contributed by atoms with Gasteiger partial charge in [-0.2, -0.15) is 26.3 Å². The summed E-state index contributed by atoms with van der Waals surface area (Å²) in [6.45, 7) is 0.903. The van der Waals surface area contributed by atoms with E-state index in [9.17, 15) is 31.1 Å². The summed E-state index contributed by atoms with van der Waals surface area (Å²) in [6.07, 6.45) is -2.80. The maximum atomic E-state index is 12.9. The van der Waals surface area contributed by atoms with Crippen LogP contribution in [0.1, 0.15) is 13.3 Å². The molecule has 0 aromatic heterocycles. The fourth-order valence-corrected chi connectivity index (χ4v) is 1.94. The van der Waals surface area contributed by atoms with Crippen LogP contribution in [0.2, 0.25) is 0 Å². The van der Waals surface area contributed by atoms with E-state index in [0.717, 1.165) is 6.92 Å². The first-order valence-corrected chi connectivity index (χ1v) is 4.48. The van der Waals surface area contributed by atoms with Gasteiger partial charge in [0, 0.05) is 6.92 Å². The molecule has 1 spiro atoms. The van der Waals surface area contributed by atoms with Crippen LogP contribution >= 0.6 is 0 Å². The highest BCUT2D eigenvalue weighted by Gasteiger charge is 3.02. The standard InChI is InChI=1S/C8H6F6O3/c1-3(15)16-4-2-5(17-4)6(9,10)8(13,14)7(5,11)12/h4H,2H2,1H3. The first-order chi connectivity index (χ1) is 7.49. The SMILES string of the molecule is CC(=O)OC1CC2(O1)C(F)(F)C(F)(F)C2(F)F. The number of ether oxygens (including phenoxy) is 2. The summed E-state index contributed by atoms with van der Waals surface area (Å²) in [6, 6.07) is 0. The van der Waals surface area contributed by atoms with Crippen molar-refractivity contribution >= 4 is 5.97 Å². The normalized spacial score (nSPS) is 34.6. The minimum absolute atomic E-state index is 0.903. The largest absolute Gasteiger partial charge is 0.436 e. The van der Waals surface area contributed by atoms with Gasteiger partial charge >= 0.3 is 23.7 Å². The Morgan fingerprint density at radius 3 is 1.88 bits per heavy atom. The molecule has 0 bridgehead atoms. The lowest BCUT2D eigenvalue weighted by Crippen LogP contribution is -2.91. The highest BCUT2D eigenvalue weighted by molar-refractivity contribution is 5.66. The summed E-state index contributed by atoms with van der Waals surface area (Å²) in [7, 11) is 0. The number of rotatable bonds is 1. The number of esters is 1. The van der Waals surface area contributed by atoms with Gasteiger partial charge in [0.2, 0.25) is 11.9 Å². The zero-order chi connectivity index (χ0) is 13.3. The second kappa shape index (κ2) is 2.88. The van der Waals surface area contributed by atoms with Crippen LogP contribution in [-0.2, 0) is 14.3 Å². The third kappa shape index (κ3) is 1.06. The van der Waals surface area contributed by atoms with Crippen molar-refractivity contribution in [2.45, 2.75) is 43.0 Å². The quantitative estimate of drug-likeness (QED) is 0.536. The summed E-state index contributed by atoms with van der Waals surface area (Å²) < 4.78 is 84.9. The van der Waals surface area contributed by atoms with E-state index >= 15 is 0 Å². The summed E-state index contributed by atoms with van der Waals surface area (Å²) in [4.78, 5) is 10.4. The minimum atomic E-state index is -5.46. The van der Waals surface area contributed by atoms with Gasteiger partial charge in [-0.1, -0.05) is 0 Å². The van der Waals surface area contributed by atoms with Crippen LogP contribution in [0.5, 0.6) is 0 Å². The molecule has 0 aromatic carbocycles. The summed E-state index contributed by atoms with van der Waals surface area (Å²) in [5.74, 6) is -16.4. The van der Waals surface area contributed by atoms with Gasteiger partial charge in [0.05, 0.1) is 6.42 Å². The maximum absolute atomic E-state index is 12.9. The molecule has 3 nitrogen and oxygen atoms in total. The van der Waals surface area contributed by atoms with Gasteiger partial charge in [0.1, 0.15) is 0 Å². The number of hydrogen-bond donors (Lipinski definition) is 0. The Hall–Kier alpha value is -0.990. The maximum Gasteiger partial charge on any atom is 0.378 e. The second-order valence-corrected chi connectivity index (χ2v) is 3.91. The Bertz CT molecular complexity index is 353. The lowest BCUT2D eigenvalue weighted by atomic mass is 9.63. The van der Waals surface area contributed by atoms with Crippen molar-refractivity contribution in [1.82, 2.24) is 0 Å². The van der Waals surface area contributed by atoms with Crippen molar-refractivity contribution in [1.29, 1.82) is 0 Å². The zero-order valence-electron chi connectivity index (χ0n) is 8.28. The van der Waals surface area contributed by atoms with Crippen LogP contribution in [0, 0.1) is 0 Å². The predicted octanol–water partition coefficient (Wildman–Crippen LogP) is 1.95. The first kappa shape index (κ1) is 12.5. The van der Waals surface area contributed by atoms with E-state index in [0.29, 0.717) is 0 Å². The Kier molecular flexibility index (Phi) is 2.11. The van der Waals surface area contributed by atoms with Crippen molar-refractivity contribution in [2.24, 2.45) is 0 Å². The Morgan fingerprint density at radius 2 is 1.53 bits per heavy atom. The van der Waals surface area contributed by atoms with E-state index in [-0.39, 0.29) is 0 Å². The molecule has 0 radical (unpaired) electrons. The van der Waals surface area contributed by atoms with E-state index in [1.807, 2.05) is 0 Å². The van der Waals surface area contributed by atoms with E-state index < -0.39 is 42.0 Å². The van der Waals surface area contributed by atoms with Crippen molar-refractivity contribution in [3.05, 3.63) is 0 Å². The molecule has 9 heteroatoms. The number of alkyl halides is 6. The zero-order valence-corrected chi connectivity index (χ0v) is 8.28. The number of carbonyl (C=O) groups is 1. The van der Waals surface area contributed by atoms with Crippen LogP contribution < -0.4 is 0 Å². The topological polar surface area (TPSA) is 35.5 Å². The van der Waals surface area contributed by atoms with Gasteiger partial charge in [-0.05, 0) is 0 Å². The molecule has 0 N–H and O–H groups in total. The molecule has 1 unspecified atom stereocenters. The highest BCUT2D eigenvalue weighted by atomic mass is 19.4. The molecule has 1 atom stereocenters. The van der Waals surface area contributed by atoms with Crippen molar-refractivity contribution in [3.8, 4) is 0 Å². The van der Waals surface area contributed by atoms with Crippen LogP contribution in [0.4, 0.5) is 26.3 Å². The summed E-state index contributed by atoms with van der Waals surface area (Å²) in [5.41, 5.74) is -3.57. The molecule has 1 saturated carbocycles. The molecule has 1 aliphatic carbocycles. The van der Waals surface area contributed by atoms with Crippen LogP contribution in [0.25, 0.3) is 0 Å². The molecule has 2 fully saturated rings. The Labute approximate surface area is 90.7 Å². The molecule has 1 heterocycles. The fraction of sp³-hybridized carbons (Fsp3) is 0.875. The minimum Gasteiger partial charge on any atom is -0.436 e. The third-order valence-electron chi connectivity index (χ3n) is 2.89. The monoisotopic (exact) mass is 264 g/mol. The van der Waals surface area contributed by atoms with Gasteiger partial charge in [0.25, 0.3) is 0 Å².